The average Bonchev–Trinajstić information content (AvgIpc) is 3.41. The highest BCUT2D eigenvalue weighted by Gasteiger charge is 2.59. The van der Waals surface area contributed by atoms with E-state index in [0.717, 1.165) is 23.7 Å². The Morgan fingerprint density at radius 1 is 1.29 bits per heavy atom. The van der Waals surface area contributed by atoms with Gasteiger partial charge in [0.05, 0.1) is 30.1 Å². The van der Waals surface area contributed by atoms with Crippen molar-refractivity contribution in [3.8, 4) is 11.5 Å². The zero-order valence-corrected chi connectivity index (χ0v) is 16.6. The molecule has 0 radical (unpaired) electrons. The Bertz CT molecular complexity index is 1020. The molecule has 1 aliphatic heterocycles. The largest absolute Gasteiger partial charge is 0.493 e. The van der Waals surface area contributed by atoms with Crippen molar-refractivity contribution in [2.24, 2.45) is 28.8 Å². The molecule has 0 spiro atoms. The molecule has 0 aromatic heterocycles. The molecule has 2 fully saturated rings. The summed E-state index contributed by atoms with van der Waals surface area (Å²) in [4.78, 5) is 47.2. The van der Waals surface area contributed by atoms with E-state index in [1.54, 1.807) is 0 Å². The van der Waals surface area contributed by atoms with Gasteiger partial charge in [0, 0.05) is 11.6 Å². The monoisotopic (exact) mass is 429 g/mol. The van der Waals surface area contributed by atoms with Gasteiger partial charge in [0.1, 0.15) is 0 Å². The average molecular weight is 429 g/mol. The fourth-order valence-electron chi connectivity index (χ4n) is 4.44. The van der Waals surface area contributed by atoms with Gasteiger partial charge in [0.15, 0.2) is 11.9 Å². The lowest BCUT2D eigenvalue weighted by Gasteiger charge is -2.14. The maximum Gasteiger partial charge on any atom is 0.344 e. The number of methoxy groups -OCH3 is 1. The van der Waals surface area contributed by atoms with Crippen molar-refractivity contribution >= 4 is 29.7 Å². The number of carbonyl (C=O) groups excluding carboxylic acids is 2. The van der Waals surface area contributed by atoms with Crippen LogP contribution in [0.2, 0.25) is 0 Å². The Balaban J connectivity index is 1.63. The van der Waals surface area contributed by atoms with Gasteiger partial charge in [-0.2, -0.15) is 10.1 Å². The number of carboxylic acid groups (broad SMARTS) is 1. The molecule has 1 saturated heterocycles. The van der Waals surface area contributed by atoms with E-state index >= 15 is 0 Å². The predicted molar refractivity (Wildman–Crippen MR) is 105 cm³/mol. The SMILES string of the molecule is COc1cc(C=NN2C(=O)[C@@H]3[C@H](C2=O)[C@H]2C=C[C@H]3C2)cc([N+](=O)[O-])c1O[C@@H](C)C(=O)O. The number of carbonyl (C=O) groups is 3. The number of carboxylic acids is 1. The molecular formula is C20H19N3O8. The van der Waals surface area contributed by atoms with Crippen molar-refractivity contribution in [1.82, 2.24) is 5.01 Å². The summed E-state index contributed by atoms with van der Waals surface area (Å²) in [6.45, 7) is 1.23. The van der Waals surface area contributed by atoms with Crippen molar-refractivity contribution in [2.45, 2.75) is 19.4 Å². The molecule has 2 aliphatic carbocycles. The third-order valence-corrected chi connectivity index (χ3v) is 5.89. The first-order chi connectivity index (χ1) is 14.7. The number of rotatable bonds is 7. The van der Waals surface area contributed by atoms with Gasteiger partial charge in [-0.3, -0.25) is 19.7 Å². The van der Waals surface area contributed by atoms with Crippen LogP contribution >= 0.6 is 0 Å². The molecule has 2 amide bonds. The van der Waals surface area contributed by atoms with Crippen molar-refractivity contribution in [3.63, 3.8) is 0 Å². The van der Waals surface area contributed by atoms with E-state index < -0.39 is 34.5 Å². The number of aliphatic carboxylic acids is 1. The molecule has 2 bridgehead atoms. The van der Waals surface area contributed by atoms with E-state index in [1.807, 2.05) is 12.2 Å². The summed E-state index contributed by atoms with van der Waals surface area (Å²) in [7, 11) is 1.25. The topological polar surface area (TPSA) is 149 Å². The van der Waals surface area contributed by atoms with Gasteiger partial charge >= 0.3 is 11.7 Å². The van der Waals surface area contributed by atoms with E-state index in [0.29, 0.717) is 0 Å². The molecule has 1 N–H and O–H groups in total. The van der Waals surface area contributed by atoms with Crippen molar-refractivity contribution in [3.05, 3.63) is 40.0 Å². The number of nitro groups is 1. The van der Waals surface area contributed by atoms with Gasteiger partial charge in [-0.15, -0.1) is 0 Å². The zero-order valence-electron chi connectivity index (χ0n) is 16.6. The van der Waals surface area contributed by atoms with Crippen LogP contribution in [0.1, 0.15) is 18.9 Å². The number of allylic oxidation sites excluding steroid dienone is 2. The molecule has 11 heteroatoms. The third kappa shape index (κ3) is 3.31. The second-order valence-electron chi connectivity index (χ2n) is 7.66. The number of ether oxygens (including phenoxy) is 2. The van der Waals surface area contributed by atoms with Gasteiger partial charge in [-0.25, -0.2) is 4.79 Å². The standard InChI is InChI=1S/C20H19N3O8/c1-9(20(26)27)31-17-13(23(28)29)5-10(6-14(17)30-2)8-21-22-18(24)15-11-3-4-12(7-11)16(15)19(22)25/h3-6,8-9,11-12,15-16H,7H2,1-2H3,(H,26,27)/t9-,11-,12-,15-,16+/m0/s1. The number of hydrogen-bond acceptors (Lipinski definition) is 8. The molecule has 1 aromatic carbocycles. The lowest BCUT2D eigenvalue weighted by molar-refractivity contribution is -0.386. The summed E-state index contributed by atoms with van der Waals surface area (Å²) in [5.41, 5.74) is -0.357. The van der Waals surface area contributed by atoms with E-state index in [1.165, 1.54) is 20.1 Å². The van der Waals surface area contributed by atoms with Crippen molar-refractivity contribution in [1.29, 1.82) is 0 Å². The Morgan fingerprint density at radius 3 is 2.42 bits per heavy atom. The molecule has 5 atom stereocenters. The summed E-state index contributed by atoms with van der Waals surface area (Å²) in [5.74, 6) is -3.21. The molecule has 1 heterocycles. The Labute approximate surface area is 176 Å². The summed E-state index contributed by atoms with van der Waals surface area (Å²) in [6, 6.07) is 2.45. The van der Waals surface area contributed by atoms with Crippen LogP contribution in [0.25, 0.3) is 0 Å². The molecule has 3 aliphatic rings. The number of amides is 2. The third-order valence-electron chi connectivity index (χ3n) is 5.89. The number of hydrazone groups is 1. The van der Waals surface area contributed by atoms with Gasteiger partial charge in [0.25, 0.3) is 11.8 Å². The van der Waals surface area contributed by atoms with Crippen LogP contribution < -0.4 is 9.47 Å². The Kier molecular flexibility index (Phi) is 4.96. The van der Waals surface area contributed by atoms with Crippen molar-refractivity contribution < 1.29 is 33.9 Å². The highest BCUT2D eigenvalue weighted by atomic mass is 16.6. The lowest BCUT2D eigenvalue weighted by atomic mass is 9.85. The maximum absolute atomic E-state index is 12.7. The van der Waals surface area contributed by atoms with Crippen molar-refractivity contribution in [2.75, 3.05) is 7.11 Å². The first-order valence-corrected chi connectivity index (χ1v) is 9.59. The van der Waals surface area contributed by atoms with E-state index in [-0.39, 0.29) is 40.7 Å². The lowest BCUT2D eigenvalue weighted by Crippen LogP contribution is -2.28. The second kappa shape index (κ2) is 7.49. The summed E-state index contributed by atoms with van der Waals surface area (Å²) in [6.07, 6.45) is 4.54. The van der Waals surface area contributed by atoms with Crippen LogP contribution in [0.3, 0.4) is 0 Å². The minimum Gasteiger partial charge on any atom is -0.493 e. The van der Waals surface area contributed by atoms with E-state index in [9.17, 15) is 24.5 Å². The normalized spacial score (nSPS) is 27.1. The van der Waals surface area contributed by atoms with Gasteiger partial charge in [0.2, 0.25) is 5.75 Å². The molecule has 1 aromatic rings. The van der Waals surface area contributed by atoms with Crippen LogP contribution in [0.15, 0.2) is 29.4 Å². The first-order valence-electron chi connectivity index (χ1n) is 9.59. The number of fused-ring (bicyclic) bond motifs is 5. The predicted octanol–water partition coefficient (Wildman–Crippen LogP) is 1.60. The fraction of sp³-hybridized carbons (Fsp3) is 0.400. The highest BCUT2D eigenvalue weighted by Crippen LogP contribution is 2.52. The molecule has 162 valence electrons. The van der Waals surface area contributed by atoms with Crippen LogP contribution in [-0.2, 0) is 14.4 Å². The highest BCUT2D eigenvalue weighted by molar-refractivity contribution is 6.06. The zero-order chi connectivity index (χ0) is 22.4. The molecule has 11 nitrogen and oxygen atoms in total. The maximum atomic E-state index is 12.7. The Hall–Kier alpha value is -3.76. The summed E-state index contributed by atoms with van der Waals surface area (Å²) in [5, 5.41) is 25.4. The number of benzene rings is 1. The molecular weight excluding hydrogens is 410 g/mol. The van der Waals surface area contributed by atoms with Crippen LogP contribution in [0.5, 0.6) is 11.5 Å². The van der Waals surface area contributed by atoms with E-state index in [4.69, 9.17) is 14.6 Å². The molecule has 0 unspecified atom stereocenters. The number of hydrogen-bond donors (Lipinski definition) is 1. The molecule has 1 saturated carbocycles. The van der Waals surface area contributed by atoms with Gasteiger partial charge in [-0.1, -0.05) is 12.2 Å². The summed E-state index contributed by atoms with van der Waals surface area (Å²) >= 11 is 0. The smallest absolute Gasteiger partial charge is 0.344 e. The summed E-state index contributed by atoms with van der Waals surface area (Å²) < 4.78 is 10.3. The second-order valence-corrected chi connectivity index (χ2v) is 7.66. The minimum atomic E-state index is -1.35. The number of nitrogens with zero attached hydrogens (tertiary/aromatic N) is 3. The van der Waals surface area contributed by atoms with Gasteiger partial charge in [-0.05, 0) is 31.2 Å². The number of nitro benzene ring substituents is 1. The fourth-order valence-corrected chi connectivity index (χ4v) is 4.44. The quantitative estimate of drug-likeness (QED) is 0.226. The Morgan fingerprint density at radius 2 is 1.90 bits per heavy atom. The van der Waals surface area contributed by atoms with Crippen LogP contribution in [0.4, 0.5) is 5.69 Å². The first kappa shape index (κ1) is 20.5. The van der Waals surface area contributed by atoms with Crippen LogP contribution in [0, 0.1) is 33.8 Å². The minimum absolute atomic E-state index is 0.0421. The van der Waals surface area contributed by atoms with Crippen LogP contribution in [-0.4, -0.2) is 52.3 Å². The molecule has 31 heavy (non-hydrogen) atoms. The number of imide groups is 1. The van der Waals surface area contributed by atoms with Gasteiger partial charge < -0.3 is 14.6 Å². The van der Waals surface area contributed by atoms with E-state index in [2.05, 4.69) is 5.10 Å². The molecule has 4 rings (SSSR count).